The first-order valence-electron chi connectivity index (χ1n) is 31.5. The third-order valence-electron chi connectivity index (χ3n) is 15.0. The van der Waals surface area contributed by atoms with Gasteiger partial charge in [0.05, 0.1) is 25.4 Å². The van der Waals surface area contributed by atoms with Gasteiger partial charge in [-0.2, -0.15) is 0 Å². The zero-order valence-electron chi connectivity index (χ0n) is 48.0. The van der Waals surface area contributed by atoms with Crippen molar-refractivity contribution in [3.63, 3.8) is 0 Å². The van der Waals surface area contributed by atoms with Crippen LogP contribution in [0.15, 0.2) is 48.6 Å². The molecule has 434 valence electrons. The van der Waals surface area contributed by atoms with E-state index in [1.165, 1.54) is 212 Å². The first-order chi connectivity index (χ1) is 36.3. The lowest BCUT2D eigenvalue weighted by atomic mass is 9.99. The minimum atomic E-state index is -1.62. The van der Waals surface area contributed by atoms with Crippen LogP contribution in [0.1, 0.15) is 290 Å². The Morgan fingerprint density at radius 2 is 0.797 bits per heavy atom. The van der Waals surface area contributed by atoms with Gasteiger partial charge in [-0.1, -0.05) is 268 Å². The van der Waals surface area contributed by atoms with Crippen LogP contribution in [0, 0.1) is 0 Å². The Morgan fingerprint density at radius 1 is 0.459 bits per heavy atom. The van der Waals surface area contributed by atoms with E-state index in [0.29, 0.717) is 19.3 Å². The topological polar surface area (TPSA) is 169 Å². The van der Waals surface area contributed by atoms with Gasteiger partial charge in [0.2, 0.25) is 5.91 Å². The van der Waals surface area contributed by atoms with Crippen LogP contribution in [-0.2, 0) is 14.3 Å². The van der Waals surface area contributed by atoms with E-state index in [9.17, 15) is 35.4 Å². The van der Waals surface area contributed by atoms with Gasteiger partial charge in [0.25, 0.3) is 0 Å². The maximum Gasteiger partial charge on any atom is 0.249 e. The van der Waals surface area contributed by atoms with E-state index in [-0.39, 0.29) is 6.61 Å². The SMILES string of the molecule is CCCCC/C=C/CC/C=C/CC/C=C/C(O)C(COC1OC(CO)C(O)C(O)C1O)NC(=O)C(O)CCCCCCCCCCCCCCCCCC/C=C\CCCCCCCCCCCCCCCCCC. The minimum absolute atomic E-state index is 0.302. The van der Waals surface area contributed by atoms with Crippen LogP contribution < -0.4 is 5.32 Å². The van der Waals surface area contributed by atoms with E-state index in [1.54, 1.807) is 6.08 Å². The van der Waals surface area contributed by atoms with Gasteiger partial charge in [0, 0.05) is 0 Å². The highest BCUT2D eigenvalue weighted by Crippen LogP contribution is 2.23. The molecule has 1 rings (SSSR count). The molecule has 0 aromatic carbocycles. The molecular formula is C64H119NO9. The maximum absolute atomic E-state index is 13.1. The number of amides is 1. The van der Waals surface area contributed by atoms with E-state index in [4.69, 9.17) is 9.47 Å². The first-order valence-corrected chi connectivity index (χ1v) is 31.5. The number of nitrogens with one attached hydrogen (secondary N) is 1. The summed E-state index contributed by atoms with van der Waals surface area (Å²) in [5, 5.41) is 64.9. The number of carbonyl (C=O) groups is 1. The molecule has 0 saturated carbocycles. The quantitative estimate of drug-likeness (QED) is 0.0232. The highest BCUT2D eigenvalue weighted by atomic mass is 16.7. The number of hydrogen-bond donors (Lipinski definition) is 7. The summed E-state index contributed by atoms with van der Waals surface area (Å²) in [6, 6.07) is -1.00. The molecule has 8 unspecified atom stereocenters. The lowest BCUT2D eigenvalue weighted by Gasteiger charge is -2.40. The Labute approximate surface area is 455 Å². The van der Waals surface area contributed by atoms with Crippen molar-refractivity contribution >= 4 is 5.91 Å². The predicted molar refractivity (Wildman–Crippen MR) is 310 cm³/mol. The molecule has 1 saturated heterocycles. The van der Waals surface area contributed by atoms with Gasteiger partial charge in [-0.15, -0.1) is 0 Å². The molecule has 74 heavy (non-hydrogen) atoms. The van der Waals surface area contributed by atoms with E-state index in [1.807, 2.05) is 6.08 Å². The number of aliphatic hydroxyl groups excluding tert-OH is 6. The fourth-order valence-electron chi connectivity index (χ4n) is 9.90. The minimum Gasteiger partial charge on any atom is -0.394 e. The predicted octanol–water partition coefficient (Wildman–Crippen LogP) is 15.0. The molecule has 0 spiro atoms. The summed E-state index contributed by atoms with van der Waals surface area (Å²) in [4.78, 5) is 13.1. The molecule has 10 heteroatoms. The van der Waals surface area contributed by atoms with E-state index in [2.05, 4.69) is 55.6 Å². The zero-order chi connectivity index (χ0) is 53.8. The number of allylic oxidation sites excluding steroid dienone is 7. The number of aliphatic hydroxyl groups is 6. The zero-order valence-corrected chi connectivity index (χ0v) is 48.0. The second-order valence-electron chi connectivity index (χ2n) is 22.0. The average molecular weight is 1050 g/mol. The standard InChI is InChI=1S/C64H119NO9/c1-3-5-7-9-11-13-15-17-18-19-20-21-22-23-24-25-26-27-28-29-30-31-32-33-34-35-36-37-38-39-41-43-45-47-49-51-53-58(68)63(72)65-56(55-73-64-62(71)61(70)60(69)59(54-66)74-64)57(67)52-50-48-46-44-42-40-16-14-12-10-8-6-4-2/h12,14,27-28,42,44,50,52,56-62,64,66-71H,3-11,13,15-26,29-41,43,45-49,51,53-55H2,1-2H3,(H,65,72)/b14-12+,28-27-,44-42+,52-50+. The van der Waals surface area contributed by atoms with Crippen LogP contribution in [0.5, 0.6) is 0 Å². The fourth-order valence-corrected chi connectivity index (χ4v) is 9.90. The summed E-state index contributed by atoms with van der Waals surface area (Å²) in [5.41, 5.74) is 0. The number of ether oxygens (including phenoxy) is 2. The highest BCUT2D eigenvalue weighted by molar-refractivity contribution is 5.80. The van der Waals surface area contributed by atoms with Crippen molar-refractivity contribution in [1.82, 2.24) is 5.32 Å². The van der Waals surface area contributed by atoms with Gasteiger partial charge in [-0.05, 0) is 70.6 Å². The molecule has 8 atom stereocenters. The van der Waals surface area contributed by atoms with Crippen LogP contribution in [-0.4, -0.2) is 98.7 Å². The monoisotopic (exact) mass is 1050 g/mol. The molecular weight excluding hydrogens is 927 g/mol. The molecule has 1 heterocycles. The van der Waals surface area contributed by atoms with Gasteiger partial charge in [0.15, 0.2) is 6.29 Å². The molecule has 1 fully saturated rings. The van der Waals surface area contributed by atoms with Gasteiger partial charge in [-0.3, -0.25) is 4.79 Å². The molecule has 0 bridgehead atoms. The molecule has 7 N–H and O–H groups in total. The second kappa shape index (κ2) is 53.1. The molecule has 0 radical (unpaired) electrons. The normalized spacial score (nSPS) is 19.7. The van der Waals surface area contributed by atoms with Gasteiger partial charge >= 0.3 is 0 Å². The molecule has 0 aromatic heterocycles. The largest absolute Gasteiger partial charge is 0.394 e. The summed E-state index contributed by atoms with van der Waals surface area (Å²) in [6.45, 7) is 3.58. The van der Waals surface area contributed by atoms with Gasteiger partial charge in [-0.25, -0.2) is 0 Å². The lowest BCUT2D eigenvalue weighted by Crippen LogP contribution is -2.60. The van der Waals surface area contributed by atoms with Crippen molar-refractivity contribution in [2.45, 2.75) is 339 Å². The van der Waals surface area contributed by atoms with E-state index < -0.39 is 61.5 Å². The van der Waals surface area contributed by atoms with E-state index >= 15 is 0 Å². The first kappa shape index (κ1) is 70.1. The van der Waals surface area contributed by atoms with Crippen molar-refractivity contribution in [3.05, 3.63) is 48.6 Å². The van der Waals surface area contributed by atoms with Crippen molar-refractivity contribution in [2.24, 2.45) is 0 Å². The third kappa shape index (κ3) is 41.2. The van der Waals surface area contributed by atoms with Crippen molar-refractivity contribution in [3.8, 4) is 0 Å². The van der Waals surface area contributed by atoms with Crippen LogP contribution in [0.2, 0.25) is 0 Å². The molecule has 1 amide bonds. The lowest BCUT2D eigenvalue weighted by molar-refractivity contribution is -0.302. The fraction of sp³-hybridized carbons (Fsp3) is 0.859. The van der Waals surface area contributed by atoms with Crippen LogP contribution in [0.25, 0.3) is 0 Å². The highest BCUT2D eigenvalue weighted by Gasteiger charge is 2.44. The molecule has 0 aliphatic carbocycles. The smallest absolute Gasteiger partial charge is 0.249 e. The number of carbonyl (C=O) groups excluding carboxylic acids is 1. The van der Waals surface area contributed by atoms with Crippen LogP contribution >= 0.6 is 0 Å². The van der Waals surface area contributed by atoms with Gasteiger partial charge in [0.1, 0.15) is 30.5 Å². The van der Waals surface area contributed by atoms with E-state index in [0.717, 1.165) is 44.9 Å². The summed E-state index contributed by atoms with van der Waals surface area (Å²) < 4.78 is 11.2. The molecule has 10 nitrogen and oxygen atoms in total. The average Bonchev–Trinajstić information content (AvgIpc) is 3.40. The number of hydrogen-bond acceptors (Lipinski definition) is 9. The summed E-state index contributed by atoms with van der Waals surface area (Å²) in [7, 11) is 0. The van der Waals surface area contributed by atoms with Crippen molar-refractivity contribution in [2.75, 3.05) is 13.2 Å². The Hall–Kier alpha value is -1.89. The molecule has 1 aliphatic rings. The summed E-state index contributed by atoms with van der Waals surface area (Å²) in [5.74, 6) is -0.629. The maximum atomic E-state index is 13.1. The Balaban J connectivity index is 2.11. The van der Waals surface area contributed by atoms with Crippen LogP contribution in [0.3, 0.4) is 0 Å². The number of unbranched alkanes of at least 4 members (excludes halogenated alkanes) is 37. The third-order valence-corrected chi connectivity index (χ3v) is 15.0. The Morgan fingerprint density at radius 3 is 1.20 bits per heavy atom. The Bertz CT molecular complexity index is 1320. The molecule has 1 aliphatic heterocycles. The molecule has 0 aromatic rings. The van der Waals surface area contributed by atoms with Crippen LogP contribution in [0.4, 0.5) is 0 Å². The number of rotatable bonds is 54. The summed E-state index contributed by atoms with van der Waals surface area (Å²) >= 11 is 0. The summed E-state index contributed by atoms with van der Waals surface area (Å²) in [6.07, 6.45) is 61.2. The Kier molecular flexibility index (Phi) is 50.3. The second-order valence-corrected chi connectivity index (χ2v) is 22.0. The van der Waals surface area contributed by atoms with Gasteiger partial charge < -0.3 is 45.4 Å². The van der Waals surface area contributed by atoms with Crippen molar-refractivity contribution < 1.29 is 44.9 Å². The van der Waals surface area contributed by atoms with Crippen molar-refractivity contribution in [1.29, 1.82) is 0 Å².